The molecule has 0 atom stereocenters. The van der Waals surface area contributed by atoms with Crippen LogP contribution in [0.25, 0.3) is 0 Å². The highest BCUT2D eigenvalue weighted by molar-refractivity contribution is 9.10. The van der Waals surface area contributed by atoms with Crippen molar-refractivity contribution < 1.29 is 14.3 Å². The number of halogens is 1. The molecule has 32 heavy (non-hydrogen) atoms. The van der Waals surface area contributed by atoms with E-state index < -0.39 is 0 Å². The van der Waals surface area contributed by atoms with Crippen molar-refractivity contribution in [1.82, 2.24) is 5.43 Å². The Morgan fingerprint density at radius 1 is 1.09 bits per heavy atom. The summed E-state index contributed by atoms with van der Waals surface area (Å²) < 4.78 is 6.56. The Hall–Kier alpha value is -3.96. The van der Waals surface area contributed by atoms with Crippen LogP contribution in [0.15, 0.2) is 76.3 Å². The molecule has 3 aromatic rings. The highest BCUT2D eigenvalue weighted by Crippen LogP contribution is 2.26. The van der Waals surface area contributed by atoms with Gasteiger partial charge in [0, 0.05) is 18.2 Å². The summed E-state index contributed by atoms with van der Waals surface area (Å²) in [6, 6.07) is 21.2. The van der Waals surface area contributed by atoms with Crippen molar-refractivity contribution in [2.24, 2.45) is 5.10 Å². The van der Waals surface area contributed by atoms with Gasteiger partial charge in [-0.3, -0.25) is 9.59 Å². The minimum absolute atomic E-state index is 0.177. The molecule has 0 aliphatic carbocycles. The molecule has 0 saturated carbocycles. The summed E-state index contributed by atoms with van der Waals surface area (Å²) in [7, 11) is 0. The minimum atomic E-state index is -0.364. The second kappa shape index (κ2) is 10.9. The van der Waals surface area contributed by atoms with Gasteiger partial charge >= 0.3 is 0 Å². The standard InChI is InChI=1S/C24H19BrN4O3/c1-16(30)28-21-9-7-20(8-10-21)24(31)29-27-14-19-6-11-23(22(25)12-19)32-15-18-4-2-17(13-26)3-5-18/h2-12,14H,15H2,1H3,(H,28,30)(H,29,31). The Labute approximate surface area is 193 Å². The third-order valence-electron chi connectivity index (χ3n) is 4.28. The number of anilines is 1. The van der Waals surface area contributed by atoms with Crippen molar-refractivity contribution in [2.45, 2.75) is 13.5 Å². The van der Waals surface area contributed by atoms with E-state index in [1.807, 2.05) is 24.3 Å². The molecule has 0 aromatic heterocycles. The molecule has 3 aromatic carbocycles. The summed E-state index contributed by atoms with van der Waals surface area (Å²) in [5.41, 5.74) is 5.83. The Bertz CT molecular complexity index is 1180. The fourth-order valence-electron chi connectivity index (χ4n) is 2.69. The number of amides is 2. The molecule has 0 fully saturated rings. The van der Waals surface area contributed by atoms with Crippen LogP contribution >= 0.6 is 15.9 Å². The fourth-order valence-corrected chi connectivity index (χ4v) is 3.20. The van der Waals surface area contributed by atoms with Gasteiger partial charge in [-0.05, 0) is 81.7 Å². The molecule has 0 aliphatic rings. The van der Waals surface area contributed by atoms with Crippen molar-refractivity contribution in [3.05, 3.63) is 93.5 Å². The Morgan fingerprint density at radius 3 is 2.44 bits per heavy atom. The monoisotopic (exact) mass is 490 g/mol. The predicted octanol–water partition coefficient (Wildman–Crippen LogP) is 4.62. The van der Waals surface area contributed by atoms with Gasteiger partial charge in [-0.1, -0.05) is 12.1 Å². The summed E-state index contributed by atoms with van der Waals surface area (Å²) >= 11 is 3.48. The number of nitrogens with one attached hydrogen (secondary N) is 2. The van der Waals surface area contributed by atoms with Gasteiger partial charge in [0.1, 0.15) is 12.4 Å². The number of nitrogens with zero attached hydrogens (tertiary/aromatic N) is 2. The Kier molecular flexibility index (Phi) is 7.73. The lowest BCUT2D eigenvalue weighted by molar-refractivity contribution is -0.114. The van der Waals surface area contributed by atoms with Crippen LogP contribution in [0.5, 0.6) is 5.75 Å². The number of benzene rings is 3. The predicted molar refractivity (Wildman–Crippen MR) is 125 cm³/mol. The lowest BCUT2D eigenvalue weighted by atomic mass is 10.1. The van der Waals surface area contributed by atoms with Gasteiger partial charge in [-0.2, -0.15) is 10.4 Å². The van der Waals surface area contributed by atoms with E-state index in [-0.39, 0.29) is 11.8 Å². The van der Waals surface area contributed by atoms with Crippen LogP contribution in [0, 0.1) is 11.3 Å². The van der Waals surface area contributed by atoms with Crippen LogP contribution in [-0.2, 0) is 11.4 Å². The lowest BCUT2D eigenvalue weighted by Gasteiger charge is -2.09. The van der Waals surface area contributed by atoms with Gasteiger partial charge in [-0.15, -0.1) is 0 Å². The SMILES string of the molecule is CC(=O)Nc1ccc(C(=O)NN=Cc2ccc(OCc3ccc(C#N)cc3)c(Br)c2)cc1. The van der Waals surface area contributed by atoms with Crippen LogP contribution in [0.3, 0.4) is 0 Å². The third-order valence-corrected chi connectivity index (χ3v) is 4.90. The molecule has 3 rings (SSSR count). The number of rotatable bonds is 7. The fraction of sp³-hybridized carbons (Fsp3) is 0.0833. The van der Waals surface area contributed by atoms with E-state index >= 15 is 0 Å². The molecule has 0 heterocycles. The average Bonchev–Trinajstić information content (AvgIpc) is 2.79. The van der Waals surface area contributed by atoms with Crippen molar-refractivity contribution >= 4 is 39.6 Å². The van der Waals surface area contributed by atoms with E-state index in [2.05, 4.69) is 37.8 Å². The summed E-state index contributed by atoms with van der Waals surface area (Å²) in [5, 5.41) is 15.5. The van der Waals surface area contributed by atoms with Gasteiger partial charge < -0.3 is 10.1 Å². The van der Waals surface area contributed by atoms with Crippen LogP contribution in [0.2, 0.25) is 0 Å². The second-order valence-corrected chi connectivity index (χ2v) is 7.60. The number of hydrogen-bond donors (Lipinski definition) is 2. The molecular formula is C24H19BrN4O3. The molecule has 0 aliphatic heterocycles. The summed E-state index contributed by atoms with van der Waals surface area (Å²) in [6.07, 6.45) is 1.53. The minimum Gasteiger partial charge on any atom is -0.488 e. The van der Waals surface area contributed by atoms with Crippen LogP contribution < -0.4 is 15.5 Å². The Balaban J connectivity index is 1.54. The molecule has 0 radical (unpaired) electrons. The number of carbonyl (C=O) groups is 2. The van der Waals surface area contributed by atoms with E-state index in [0.717, 1.165) is 15.6 Å². The number of hydrogen-bond acceptors (Lipinski definition) is 5. The first-order chi connectivity index (χ1) is 15.4. The topological polar surface area (TPSA) is 104 Å². The van der Waals surface area contributed by atoms with Crippen molar-refractivity contribution in [3.8, 4) is 11.8 Å². The molecular weight excluding hydrogens is 472 g/mol. The summed E-state index contributed by atoms with van der Waals surface area (Å²) in [6.45, 7) is 1.79. The van der Waals surface area contributed by atoms with E-state index in [4.69, 9.17) is 10.00 Å². The van der Waals surface area contributed by atoms with Crippen molar-refractivity contribution in [2.75, 3.05) is 5.32 Å². The largest absolute Gasteiger partial charge is 0.488 e. The van der Waals surface area contributed by atoms with Gasteiger partial charge in [0.2, 0.25) is 5.91 Å². The zero-order chi connectivity index (χ0) is 22.9. The molecule has 0 bridgehead atoms. The molecule has 0 spiro atoms. The quantitative estimate of drug-likeness (QED) is 0.372. The third kappa shape index (κ3) is 6.52. The smallest absolute Gasteiger partial charge is 0.271 e. The lowest BCUT2D eigenvalue weighted by Crippen LogP contribution is -2.17. The van der Waals surface area contributed by atoms with E-state index in [1.165, 1.54) is 13.1 Å². The summed E-state index contributed by atoms with van der Waals surface area (Å²) in [5.74, 6) is 0.121. The van der Waals surface area contributed by atoms with Crippen LogP contribution in [0.4, 0.5) is 5.69 Å². The molecule has 8 heteroatoms. The molecule has 7 nitrogen and oxygen atoms in total. The molecule has 0 unspecified atom stereocenters. The van der Waals surface area contributed by atoms with E-state index in [9.17, 15) is 9.59 Å². The molecule has 0 saturated heterocycles. The normalized spacial score (nSPS) is 10.4. The second-order valence-electron chi connectivity index (χ2n) is 6.74. The number of hydrazone groups is 1. The first kappa shape index (κ1) is 22.7. The van der Waals surface area contributed by atoms with Crippen molar-refractivity contribution in [1.29, 1.82) is 5.26 Å². The first-order valence-corrected chi connectivity index (χ1v) is 10.4. The van der Waals surface area contributed by atoms with Gasteiger partial charge in [-0.25, -0.2) is 5.43 Å². The van der Waals surface area contributed by atoms with Gasteiger partial charge in [0.15, 0.2) is 0 Å². The highest BCUT2D eigenvalue weighted by Gasteiger charge is 2.06. The number of ether oxygens (including phenoxy) is 1. The van der Waals surface area contributed by atoms with Crippen LogP contribution in [-0.4, -0.2) is 18.0 Å². The molecule has 160 valence electrons. The maximum atomic E-state index is 12.2. The molecule has 2 amide bonds. The highest BCUT2D eigenvalue weighted by atomic mass is 79.9. The van der Waals surface area contributed by atoms with E-state index in [0.29, 0.717) is 29.2 Å². The van der Waals surface area contributed by atoms with Crippen LogP contribution in [0.1, 0.15) is 34.0 Å². The Morgan fingerprint density at radius 2 is 1.81 bits per heavy atom. The average molecular weight is 491 g/mol. The maximum absolute atomic E-state index is 12.2. The number of carbonyl (C=O) groups excluding carboxylic acids is 2. The molecule has 2 N–H and O–H groups in total. The zero-order valence-electron chi connectivity index (χ0n) is 17.1. The summed E-state index contributed by atoms with van der Waals surface area (Å²) in [4.78, 5) is 23.2. The van der Waals surface area contributed by atoms with E-state index in [1.54, 1.807) is 42.5 Å². The van der Waals surface area contributed by atoms with Gasteiger partial charge in [0.05, 0.1) is 22.3 Å². The first-order valence-electron chi connectivity index (χ1n) is 9.57. The van der Waals surface area contributed by atoms with Gasteiger partial charge in [0.25, 0.3) is 5.91 Å². The van der Waals surface area contributed by atoms with Crippen molar-refractivity contribution in [3.63, 3.8) is 0 Å². The zero-order valence-corrected chi connectivity index (χ0v) is 18.7. The maximum Gasteiger partial charge on any atom is 0.271 e. The number of nitriles is 1.